The lowest BCUT2D eigenvalue weighted by molar-refractivity contribution is -0.881. The fraction of sp³-hybridized carbons (Fsp3) is 0.667. The van der Waals surface area contributed by atoms with Gasteiger partial charge in [0.05, 0.1) is 13.1 Å². The monoisotopic (exact) mass is 488 g/mol. The van der Waals surface area contributed by atoms with Crippen LogP contribution in [-0.2, 0) is 20.7 Å². The van der Waals surface area contributed by atoms with Crippen molar-refractivity contribution >= 4 is 17.9 Å². The lowest BCUT2D eigenvalue weighted by atomic mass is 10.0. The molecule has 1 aliphatic carbocycles. The van der Waals surface area contributed by atoms with E-state index < -0.39 is 29.9 Å². The predicted molar refractivity (Wildman–Crippen MR) is 133 cm³/mol. The quantitative estimate of drug-likeness (QED) is 0.403. The van der Waals surface area contributed by atoms with Gasteiger partial charge in [-0.05, 0) is 39.2 Å². The zero-order valence-electron chi connectivity index (χ0n) is 21.4. The molecule has 1 heterocycles. The highest BCUT2D eigenvalue weighted by Crippen LogP contribution is 2.27. The molecule has 0 bridgehead atoms. The summed E-state index contributed by atoms with van der Waals surface area (Å²) in [5.74, 6) is -0.858. The fourth-order valence-corrected chi connectivity index (χ4v) is 5.22. The largest absolute Gasteiger partial charge is 0.444 e. The number of aliphatic hydroxyl groups is 1. The molecule has 1 saturated heterocycles. The minimum absolute atomic E-state index is 0.0254. The Balaban J connectivity index is 1.81. The number of hydrogen-bond donors (Lipinski definition) is 3. The molecule has 1 aromatic carbocycles. The van der Waals surface area contributed by atoms with Crippen molar-refractivity contribution in [1.82, 2.24) is 10.6 Å². The van der Waals surface area contributed by atoms with Gasteiger partial charge in [0.1, 0.15) is 5.60 Å². The SMILES string of the molecule is CC(C)(C)OC(=O)NC(Cc1ccccc1)C(=O)[N+]1(C(O)C(=O)NC2CCCCCC2)CCCC1. The zero-order valence-corrected chi connectivity index (χ0v) is 21.4. The van der Waals surface area contributed by atoms with Crippen molar-refractivity contribution in [1.29, 1.82) is 0 Å². The molecular formula is C27H42N3O5+. The first-order valence-corrected chi connectivity index (χ1v) is 13.0. The normalized spacial score (nSPS) is 20.3. The molecule has 3 amide bonds. The maximum atomic E-state index is 14.0. The summed E-state index contributed by atoms with van der Waals surface area (Å²) in [5.41, 5.74) is 0.152. The molecule has 2 fully saturated rings. The number of benzene rings is 1. The highest BCUT2D eigenvalue weighted by atomic mass is 16.6. The predicted octanol–water partition coefficient (Wildman–Crippen LogP) is 3.42. The Kier molecular flexibility index (Phi) is 9.30. The van der Waals surface area contributed by atoms with Gasteiger partial charge in [-0.3, -0.25) is 4.79 Å². The number of carbonyl (C=O) groups is 3. The van der Waals surface area contributed by atoms with Gasteiger partial charge in [-0.1, -0.05) is 56.0 Å². The molecule has 2 unspecified atom stereocenters. The average molecular weight is 489 g/mol. The maximum Gasteiger partial charge on any atom is 0.408 e. The van der Waals surface area contributed by atoms with E-state index in [0.717, 1.165) is 56.9 Å². The second-order valence-corrected chi connectivity index (χ2v) is 11.0. The Bertz CT molecular complexity index is 853. The van der Waals surface area contributed by atoms with Gasteiger partial charge in [0.2, 0.25) is 0 Å². The number of ether oxygens (including phenoxy) is 1. The summed E-state index contributed by atoms with van der Waals surface area (Å²) in [6, 6.07) is 8.50. The minimum atomic E-state index is -1.51. The van der Waals surface area contributed by atoms with Crippen molar-refractivity contribution in [2.45, 2.75) is 102 Å². The van der Waals surface area contributed by atoms with Crippen molar-refractivity contribution in [3.05, 3.63) is 35.9 Å². The van der Waals surface area contributed by atoms with Crippen LogP contribution in [-0.4, -0.2) is 64.5 Å². The molecular weight excluding hydrogens is 446 g/mol. The third-order valence-corrected chi connectivity index (χ3v) is 6.98. The number of hydrogen-bond acceptors (Lipinski definition) is 5. The number of alkyl carbamates (subject to hydrolysis) is 1. The number of nitrogens with one attached hydrogen (secondary N) is 2. The number of aliphatic hydroxyl groups excluding tert-OH is 1. The van der Waals surface area contributed by atoms with Crippen LogP contribution in [0.4, 0.5) is 4.79 Å². The van der Waals surface area contributed by atoms with E-state index in [-0.39, 0.29) is 22.9 Å². The van der Waals surface area contributed by atoms with Gasteiger partial charge in [0, 0.05) is 25.3 Å². The van der Waals surface area contributed by atoms with E-state index in [1.165, 1.54) is 0 Å². The van der Waals surface area contributed by atoms with Crippen molar-refractivity contribution < 1.29 is 28.7 Å². The van der Waals surface area contributed by atoms with Crippen LogP contribution in [0.25, 0.3) is 0 Å². The van der Waals surface area contributed by atoms with E-state index in [1.807, 2.05) is 30.3 Å². The summed E-state index contributed by atoms with van der Waals surface area (Å²) >= 11 is 0. The third-order valence-electron chi connectivity index (χ3n) is 6.98. The third kappa shape index (κ3) is 7.51. The lowest BCUT2D eigenvalue weighted by Gasteiger charge is -2.37. The van der Waals surface area contributed by atoms with E-state index in [1.54, 1.807) is 20.8 Å². The van der Waals surface area contributed by atoms with Gasteiger partial charge < -0.3 is 20.5 Å². The van der Waals surface area contributed by atoms with Crippen LogP contribution in [0.2, 0.25) is 0 Å². The molecule has 2 aliphatic rings. The Morgan fingerprint density at radius 2 is 1.60 bits per heavy atom. The van der Waals surface area contributed by atoms with Crippen LogP contribution >= 0.6 is 0 Å². The molecule has 0 radical (unpaired) electrons. The first kappa shape index (κ1) is 27.1. The fourth-order valence-electron chi connectivity index (χ4n) is 5.22. The molecule has 35 heavy (non-hydrogen) atoms. The molecule has 0 spiro atoms. The van der Waals surface area contributed by atoms with Crippen LogP contribution < -0.4 is 10.6 Å². The lowest BCUT2D eigenvalue weighted by Crippen LogP contribution is -2.67. The van der Waals surface area contributed by atoms with Gasteiger partial charge >= 0.3 is 17.9 Å². The molecule has 1 saturated carbocycles. The zero-order chi connectivity index (χ0) is 25.5. The van der Waals surface area contributed by atoms with Gasteiger partial charge in [-0.2, -0.15) is 0 Å². The van der Waals surface area contributed by atoms with E-state index >= 15 is 0 Å². The summed E-state index contributed by atoms with van der Waals surface area (Å²) in [5, 5.41) is 17.0. The number of amides is 3. The molecule has 3 N–H and O–H groups in total. The second-order valence-electron chi connectivity index (χ2n) is 11.0. The van der Waals surface area contributed by atoms with E-state index in [9.17, 15) is 19.5 Å². The summed E-state index contributed by atoms with van der Waals surface area (Å²) in [4.78, 5) is 39.8. The van der Waals surface area contributed by atoms with Gasteiger partial charge in [-0.25, -0.2) is 14.1 Å². The molecule has 1 aliphatic heterocycles. The highest BCUT2D eigenvalue weighted by Gasteiger charge is 2.52. The van der Waals surface area contributed by atoms with Crippen molar-refractivity contribution in [2.75, 3.05) is 13.1 Å². The van der Waals surface area contributed by atoms with Crippen LogP contribution in [0.5, 0.6) is 0 Å². The Morgan fingerprint density at radius 1 is 1.00 bits per heavy atom. The number of carbonyl (C=O) groups excluding carboxylic acids is 3. The maximum absolute atomic E-state index is 14.0. The minimum Gasteiger partial charge on any atom is -0.444 e. The highest BCUT2D eigenvalue weighted by molar-refractivity contribution is 5.86. The topological polar surface area (TPSA) is 105 Å². The first-order chi connectivity index (χ1) is 16.6. The smallest absolute Gasteiger partial charge is 0.408 e. The van der Waals surface area contributed by atoms with Gasteiger partial charge in [0.25, 0.3) is 6.23 Å². The molecule has 3 rings (SSSR count). The standard InChI is InChI=1S/C27H41N3O5/c1-27(2,3)35-26(34)29-22(19-20-13-7-6-8-14-20)24(32)30(17-11-12-18-30)25(33)23(31)28-21-15-9-4-5-10-16-21/h6-8,13-14,21-22,25,33H,4-5,9-12,15-19H2,1-3H3,(H-,28,29,31,34)/p+1. The Labute approximate surface area is 209 Å². The van der Waals surface area contributed by atoms with Crippen LogP contribution in [0.1, 0.15) is 77.7 Å². The number of quaternary nitrogens is 1. The van der Waals surface area contributed by atoms with Crippen LogP contribution in [0.15, 0.2) is 30.3 Å². The number of likely N-dealkylation sites (tertiary alicyclic amines) is 1. The first-order valence-electron chi connectivity index (χ1n) is 13.0. The average Bonchev–Trinajstić information content (AvgIpc) is 3.16. The van der Waals surface area contributed by atoms with Crippen molar-refractivity contribution in [2.24, 2.45) is 0 Å². The molecule has 8 nitrogen and oxygen atoms in total. The molecule has 2 atom stereocenters. The second kappa shape index (κ2) is 12.0. The molecule has 8 heteroatoms. The summed E-state index contributed by atoms with van der Waals surface area (Å²) < 4.78 is 5.05. The number of nitrogens with zero attached hydrogens (tertiary/aromatic N) is 1. The Hall–Kier alpha value is -2.45. The van der Waals surface area contributed by atoms with E-state index in [2.05, 4.69) is 10.6 Å². The van der Waals surface area contributed by atoms with Crippen molar-refractivity contribution in [3.63, 3.8) is 0 Å². The van der Waals surface area contributed by atoms with Crippen LogP contribution in [0.3, 0.4) is 0 Å². The van der Waals surface area contributed by atoms with Crippen LogP contribution in [0, 0.1) is 0 Å². The van der Waals surface area contributed by atoms with Crippen molar-refractivity contribution in [3.8, 4) is 0 Å². The van der Waals surface area contributed by atoms with E-state index in [4.69, 9.17) is 4.74 Å². The number of rotatable bonds is 7. The molecule has 194 valence electrons. The summed E-state index contributed by atoms with van der Waals surface area (Å²) in [6.07, 6.45) is 5.71. The summed E-state index contributed by atoms with van der Waals surface area (Å²) in [7, 11) is 0. The van der Waals surface area contributed by atoms with Gasteiger partial charge in [-0.15, -0.1) is 0 Å². The summed E-state index contributed by atoms with van der Waals surface area (Å²) in [6.45, 7) is 6.00. The Morgan fingerprint density at radius 3 is 2.17 bits per heavy atom. The molecule has 1 aromatic rings. The van der Waals surface area contributed by atoms with E-state index in [0.29, 0.717) is 13.1 Å². The molecule has 0 aromatic heterocycles. The van der Waals surface area contributed by atoms with Gasteiger partial charge in [0.15, 0.2) is 6.04 Å².